The first-order valence-electron chi connectivity index (χ1n) is 15.3. The van der Waals surface area contributed by atoms with Gasteiger partial charge in [0.05, 0.1) is 40.5 Å². The number of anilines is 3. The lowest BCUT2D eigenvalue weighted by molar-refractivity contribution is -0.163. The first-order valence-corrected chi connectivity index (χ1v) is 15.3. The molecule has 41 heavy (non-hydrogen) atoms. The van der Waals surface area contributed by atoms with Crippen LogP contribution in [0.4, 0.5) is 17.2 Å². The lowest BCUT2D eigenvalue weighted by atomic mass is 9.81. The summed E-state index contributed by atoms with van der Waals surface area (Å²) in [4.78, 5) is 15.7. The number of aromatic amines is 1. The number of nitrogens with two attached hydrogens (primary N) is 1. The Bertz CT molecular complexity index is 1670. The van der Waals surface area contributed by atoms with Crippen LogP contribution in [0.3, 0.4) is 0 Å². The third-order valence-electron chi connectivity index (χ3n) is 10.1. The first kappa shape index (κ1) is 25.1. The van der Waals surface area contributed by atoms with Crippen molar-refractivity contribution in [3.63, 3.8) is 0 Å². The summed E-state index contributed by atoms with van der Waals surface area (Å²) in [6.45, 7) is 10.0. The van der Waals surface area contributed by atoms with Gasteiger partial charge in [0.2, 0.25) is 0 Å². The van der Waals surface area contributed by atoms with Gasteiger partial charge < -0.3 is 20.3 Å². The van der Waals surface area contributed by atoms with Crippen LogP contribution >= 0.6 is 0 Å². The van der Waals surface area contributed by atoms with E-state index in [1.165, 1.54) is 36.0 Å². The van der Waals surface area contributed by atoms with Gasteiger partial charge in [-0.25, -0.2) is 9.97 Å². The van der Waals surface area contributed by atoms with Crippen molar-refractivity contribution in [2.24, 2.45) is 0 Å². The fraction of sp³-hybridized carbons (Fsp3) is 0.485. The Hall–Kier alpha value is -3.65. The maximum absolute atomic E-state index is 6.58. The largest absolute Gasteiger partial charge is 0.397 e. The summed E-state index contributed by atoms with van der Waals surface area (Å²) in [5, 5.41) is 8.83. The number of rotatable bonds is 4. The van der Waals surface area contributed by atoms with E-state index in [1.807, 2.05) is 0 Å². The molecule has 0 bridgehead atoms. The molecule has 2 aromatic heterocycles. The molecule has 0 amide bonds. The van der Waals surface area contributed by atoms with Crippen molar-refractivity contribution in [3.8, 4) is 11.4 Å². The minimum absolute atomic E-state index is 0.0612. The van der Waals surface area contributed by atoms with E-state index >= 15 is 0 Å². The molecule has 3 N–H and O–H groups in total. The quantitative estimate of drug-likeness (QED) is 0.310. The third-order valence-corrected chi connectivity index (χ3v) is 10.1. The van der Waals surface area contributed by atoms with Crippen LogP contribution in [-0.2, 0) is 17.7 Å². The van der Waals surface area contributed by atoms with E-state index < -0.39 is 0 Å². The molecule has 3 aliphatic heterocycles. The van der Waals surface area contributed by atoms with Crippen LogP contribution in [-0.4, -0.2) is 51.5 Å². The molecule has 8 heteroatoms. The van der Waals surface area contributed by atoms with E-state index in [4.69, 9.17) is 20.4 Å². The van der Waals surface area contributed by atoms with Gasteiger partial charge in [-0.05, 0) is 88.1 Å². The summed E-state index contributed by atoms with van der Waals surface area (Å²) in [7, 11) is 0. The second-order valence-corrected chi connectivity index (χ2v) is 12.8. The molecular formula is C33H39N7O. The number of nitrogen functional groups attached to an aromatic ring is 1. The average molecular weight is 550 g/mol. The molecule has 0 unspecified atom stereocenters. The smallest absolute Gasteiger partial charge is 0.162 e. The summed E-state index contributed by atoms with van der Waals surface area (Å²) in [5.41, 5.74) is 16.7. The molecule has 212 valence electrons. The highest BCUT2D eigenvalue weighted by Crippen LogP contribution is 2.45. The molecule has 0 radical (unpaired) electrons. The SMILES string of the molecule is Cc1ccc2[nH]nc(C)c2c1-c1nc2c(c(N3CC[C@@]4(CCO4)C[C@H]3C)n1)CN(c1cc(C3CC3)ccc1N)CC2. The van der Waals surface area contributed by atoms with Gasteiger partial charge in [-0.2, -0.15) is 5.10 Å². The molecule has 4 aromatic rings. The molecule has 1 spiro atoms. The Labute approximate surface area is 241 Å². The zero-order chi connectivity index (χ0) is 27.9. The van der Waals surface area contributed by atoms with Crippen LogP contribution in [0.25, 0.3) is 22.3 Å². The third kappa shape index (κ3) is 4.09. The predicted molar refractivity (Wildman–Crippen MR) is 164 cm³/mol. The molecule has 8 rings (SSSR count). The number of H-pyrrole nitrogens is 1. The maximum Gasteiger partial charge on any atom is 0.162 e. The molecule has 2 saturated heterocycles. The van der Waals surface area contributed by atoms with Crippen molar-refractivity contribution in [1.29, 1.82) is 0 Å². The molecule has 1 saturated carbocycles. The van der Waals surface area contributed by atoms with Gasteiger partial charge in [0.15, 0.2) is 5.82 Å². The summed E-state index contributed by atoms with van der Waals surface area (Å²) in [5.74, 6) is 2.58. The standard InChI is InChI=1S/C33H39N7O/c1-19-4-9-27-30(21(3)37-38-27)29(19)31-35-26-10-13-39(28-16-23(22-5-6-22)7-8-25(28)34)18-24(26)32(36-31)40-14-11-33(12-15-41-33)17-20(40)2/h4,7-9,16,20,22H,5-6,10-15,17-18,34H2,1-3H3,(H,37,38)/t20-,33-/m1/s1. The van der Waals surface area contributed by atoms with Gasteiger partial charge in [-0.3, -0.25) is 5.10 Å². The van der Waals surface area contributed by atoms with E-state index in [2.05, 4.69) is 71.1 Å². The summed E-state index contributed by atoms with van der Waals surface area (Å²) < 4.78 is 6.12. The highest BCUT2D eigenvalue weighted by Gasteiger charge is 2.45. The number of piperidine rings is 1. The number of ether oxygens (including phenoxy) is 1. The van der Waals surface area contributed by atoms with Crippen molar-refractivity contribution in [2.45, 2.75) is 83.4 Å². The Morgan fingerprint density at radius 3 is 2.68 bits per heavy atom. The molecular weight excluding hydrogens is 510 g/mol. The van der Waals surface area contributed by atoms with E-state index in [0.29, 0.717) is 12.0 Å². The molecule has 5 heterocycles. The van der Waals surface area contributed by atoms with Crippen molar-refractivity contribution in [3.05, 3.63) is 58.4 Å². The summed E-state index contributed by atoms with van der Waals surface area (Å²) in [6, 6.07) is 11.2. The number of aromatic nitrogens is 4. The Kier molecular flexibility index (Phi) is 5.62. The Balaban J connectivity index is 1.25. The maximum atomic E-state index is 6.58. The van der Waals surface area contributed by atoms with Gasteiger partial charge in [-0.15, -0.1) is 0 Å². The number of nitrogens with zero attached hydrogens (tertiary/aromatic N) is 5. The van der Waals surface area contributed by atoms with Gasteiger partial charge in [0.25, 0.3) is 0 Å². The number of hydrogen-bond donors (Lipinski definition) is 2. The summed E-state index contributed by atoms with van der Waals surface area (Å²) >= 11 is 0. The van der Waals surface area contributed by atoms with Crippen LogP contribution in [0.1, 0.15) is 73.0 Å². The minimum atomic E-state index is 0.0612. The lowest BCUT2D eigenvalue weighted by Crippen LogP contribution is -2.56. The second-order valence-electron chi connectivity index (χ2n) is 12.8. The van der Waals surface area contributed by atoms with Crippen LogP contribution in [0.15, 0.2) is 30.3 Å². The van der Waals surface area contributed by atoms with Gasteiger partial charge >= 0.3 is 0 Å². The van der Waals surface area contributed by atoms with Crippen LogP contribution in [0.2, 0.25) is 0 Å². The van der Waals surface area contributed by atoms with Crippen LogP contribution in [0, 0.1) is 13.8 Å². The lowest BCUT2D eigenvalue weighted by Gasteiger charge is -2.51. The van der Waals surface area contributed by atoms with E-state index in [9.17, 15) is 0 Å². The summed E-state index contributed by atoms with van der Waals surface area (Å²) in [6.07, 6.45) is 6.68. The monoisotopic (exact) mass is 549 g/mol. The first-order chi connectivity index (χ1) is 19.9. The molecule has 3 fully saturated rings. The zero-order valence-electron chi connectivity index (χ0n) is 24.3. The van der Waals surface area contributed by atoms with Gasteiger partial charge in [0.1, 0.15) is 5.82 Å². The number of nitrogens with one attached hydrogen (secondary N) is 1. The molecule has 1 aliphatic carbocycles. The van der Waals surface area contributed by atoms with Gasteiger partial charge in [-0.1, -0.05) is 12.1 Å². The average Bonchev–Trinajstić information content (AvgIpc) is 3.74. The molecule has 2 atom stereocenters. The number of fused-ring (bicyclic) bond motifs is 2. The molecule has 8 nitrogen and oxygen atoms in total. The molecule has 4 aliphatic rings. The minimum Gasteiger partial charge on any atom is -0.397 e. The van der Waals surface area contributed by atoms with E-state index in [1.54, 1.807) is 0 Å². The van der Waals surface area contributed by atoms with E-state index in [-0.39, 0.29) is 5.60 Å². The molecule has 2 aromatic carbocycles. The Morgan fingerprint density at radius 2 is 1.93 bits per heavy atom. The van der Waals surface area contributed by atoms with Crippen molar-refractivity contribution in [2.75, 3.05) is 35.2 Å². The fourth-order valence-corrected chi connectivity index (χ4v) is 7.48. The number of hydrogen-bond acceptors (Lipinski definition) is 7. The van der Waals surface area contributed by atoms with Crippen LogP contribution in [0.5, 0.6) is 0 Å². The highest BCUT2D eigenvalue weighted by molar-refractivity contribution is 5.96. The van der Waals surface area contributed by atoms with Crippen molar-refractivity contribution in [1.82, 2.24) is 20.2 Å². The number of aryl methyl sites for hydroxylation is 2. The van der Waals surface area contributed by atoms with Crippen LogP contribution < -0.4 is 15.5 Å². The fourth-order valence-electron chi connectivity index (χ4n) is 7.48. The van der Waals surface area contributed by atoms with Gasteiger partial charge in [0, 0.05) is 48.6 Å². The Morgan fingerprint density at radius 1 is 1.07 bits per heavy atom. The highest BCUT2D eigenvalue weighted by atomic mass is 16.5. The van der Waals surface area contributed by atoms with Crippen molar-refractivity contribution >= 4 is 28.1 Å². The number of benzene rings is 2. The second kappa shape index (κ2) is 9.18. The zero-order valence-corrected chi connectivity index (χ0v) is 24.3. The predicted octanol–water partition coefficient (Wildman–Crippen LogP) is 5.81. The normalized spacial score (nSPS) is 24.1. The van der Waals surface area contributed by atoms with E-state index in [0.717, 1.165) is 96.4 Å². The van der Waals surface area contributed by atoms with Crippen molar-refractivity contribution < 1.29 is 4.74 Å². The topological polar surface area (TPSA) is 96.2 Å².